The summed E-state index contributed by atoms with van der Waals surface area (Å²) in [6.07, 6.45) is 3.64. The third-order valence-electron chi connectivity index (χ3n) is 2.56. The second kappa shape index (κ2) is 3.06. The van der Waals surface area contributed by atoms with Crippen LogP contribution in [0.5, 0.6) is 0 Å². The molecule has 0 N–H and O–H groups in total. The summed E-state index contributed by atoms with van der Waals surface area (Å²) in [6.45, 7) is 2.26. The maximum atomic E-state index is 5.81. The minimum Gasteiger partial charge on any atom is -0.241 e. The molecule has 12 heavy (non-hydrogen) atoms. The zero-order valence-electron chi connectivity index (χ0n) is 7.18. The van der Waals surface area contributed by atoms with Crippen LogP contribution < -0.4 is 0 Å². The summed E-state index contributed by atoms with van der Waals surface area (Å²) in [5.74, 6) is 0.665. The van der Waals surface area contributed by atoms with E-state index in [1.165, 1.54) is 24.1 Å². The molecule has 1 aliphatic carbocycles. The average molecular weight is 182 g/mol. The van der Waals surface area contributed by atoms with Crippen LogP contribution in [0.15, 0.2) is 12.1 Å². The lowest BCUT2D eigenvalue weighted by Gasteiger charge is -2.20. The van der Waals surface area contributed by atoms with Crippen LogP contribution in [0.25, 0.3) is 0 Å². The largest absolute Gasteiger partial charge is 0.241 e. The van der Waals surface area contributed by atoms with Crippen LogP contribution in [0.2, 0.25) is 5.15 Å². The van der Waals surface area contributed by atoms with Crippen LogP contribution >= 0.6 is 11.6 Å². The van der Waals surface area contributed by atoms with Crippen LogP contribution in [0, 0.1) is 0 Å². The van der Waals surface area contributed by atoms with E-state index < -0.39 is 0 Å². The Labute approximate surface area is 77.8 Å². The van der Waals surface area contributed by atoms with Crippen LogP contribution in [-0.2, 0) is 6.42 Å². The van der Waals surface area contributed by atoms with Crippen molar-refractivity contribution in [1.29, 1.82) is 0 Å². The van der Waals surface area contributed by atoms with Crippen molar-refractivity contribution >= 4 is 11.6 Å². The molecule has 0 radical (unpaired) electrons. The quantitative estimate of drug-likeness (QED) is 0.561. The van der Waals surface area contributed by atoms with E-state index in [0.717, 1.165) is 6.42 Å². The van der Waals surface area contributed by atoms with Crippen molar-refractivity contribution in [2.45, 2.75) is 32.1 Å². The Balaban J connectivity index is 2.46. The van der Waals surface area contributed by atoms with E-state index in [4.69, 9.17) is 11.6 Å². The van der Waals surface area contributed by atoms with Gasteiger partial charge in [-0.05, 0) is 36.8 Å². The molecule has 64 valence electrons. The summed E-state index contributed by atoms with van der Waals surface area (Å²) < 4.78 is 0. The standard InChI is InChI=1S/C10H12ClN/c1-7-3-2-4-9-8(7)5-6-10(11)12-9/h5-7H,2-4H2,1H3/t7-/m1/s1. The average Bonchev–Trinajstić information content (AvgIpc) is 2.04. The zero-order valence-corrected chi connectivity index (χ0v) is 7.93. The van der Waals surface area contributed by atoms with Gasteiger partial charge in [0, 0.05) is 5.69 Å². The van der Waals surface area contributed by atoms with Crippen LogP contribution in [-0.4, -0.2) is 4.98 Å². The Kier molecular flexibility index (Phi) is 2.05. The number of aryl methyl sites for hydroxylation is 1. The maximum Gasteiger partial charge on any atom is 0.129 e. The second-order valence-corrected chi connectivity index (χ2v) is 3.85. The van der Waals surface area contributed by atoms with E-state index in [2.05, 4.69) is 18.0 Å². The molecule has 0 spiro atoms. The lowest BCUT2D eigenvalue weighted by atomic mass is 9.87. The molecule has 1 nitrogen and oxygen atoms in total. The van der Waals surface area contributed by atoms with Gasteiger partial charge in [-0.3, -0.25) is 0 Å². The van der Waals surface area contributed by atoms with E-state index in [1.54, 1.807) is 0 Å². The van der Waals surface area contributed by atoms with Gasteiger partial charge < -0.3 is 0 Å². The Bertz CT molecular complexity index is 296. The summed E-state index contributed by atoms with van der Waals surface area (Å²) in [5.41, 5.74) is 2.60. The number of rotatable bonds is 0. The molecule has 0 amide bonds. The molecule has 1 atom stereocenters. The SMILES string of the molecule is C[C@@H]1CCCc2nc(Cl)ccc21. The number of hydrogen-bond acceptors (Lipinski definition) is 1. The molecule has 0 aromatic carbocycles. The third-order valence-corrected chi connectivity index (χ3v) is 2.77. The van der Waals surface area contributed by atoms with Crippen molar-refractivity contribution in [2.24, 2.45) is 0 Å². The normalized spacial score (nSPS) is 22.0. The van der Waals surface area contributed by atoms with Gasteiger partial charge >= 0.3 is 0 Å². The van der Waals surface area contributed by atoms with Gasteiger partial charge in [-0.25, -0.2) is 4.98 Å². The molecule has 0 bridgehead atoms. The second-order valence-electron chi connectivity index (χ2n) is 3.46. The Morgan fingerprint density at radius 2 is 2.33 bits per heavy atom. The van der Waals surface area contributed by atoms with Gasteiger partial charge in [0.25, 0.3) is 0 Å². The van der Waals surface area contributed by atoms with Gasteiger partial charge in [0.15, 0.2) is 0 Å². The van der Waals surface area contributed by atoms with Gasteiger partial charge in [-0.1, -0.05) is 24.6 Å². The third kappa shape index (κ3) is 1.34. The van der Waals surface area contributed by atoms with Gasteiger partial charge in [0.2, 0.25) is 0 Å². The van der Waals surface area contributed by atoms with Gasteiger partial charge in [0.05, 0.1) is 0 Å². The van der Waals surface area contributed by atoms with E-state index in [0.29, 0.717) is 11.1 Å². The maximum absolute atomic E-state index is 5.81. The highest BCUT2D eigenvalue weighted by Gasteiger charge is 2.16. The van der Waals surface area contributed by atoms with Gasteiger partial charge in [-0.15, -0.1) is 0 Å². The zero-order chi connectivity index (χ0) is 8.55. The highest BCUT2D eigenvalue weighted by Crippen LogP contribution is 2.30. The fraction of sp³-hybridized carbons (Fsp3) is 0.500. The highest BCUT2D eigenvalue weighted by atomic mass is 35.5. The van der Waals surface area contributed by atoms with Crippen molar-refractivity contribution in [3.05, 3.63) is 28.5 Å². The highest BCUT2D eigenvalue weighted by molar-refractivity contribution is 6.29. The topological polar surface area (TPSA) is 12.9 Å². The molecule has 1 aliphatic rings. The first kappa shape index (κ1) is 8.06. The summed E-state index contributed by atoms with van der Waals surface area (Å²) in [7, 11) is 0. The van der Waals surface area contributed by atoms with Gasteiger partial charge in [-0.2, -0.15) is 0 Å². The fourth-order valence-corrected chi connectivity index (χ4v) is 2.03. The van der Waals surface area contributed by atoms with Crippen molar-refractivity contribution in [1.82, 2.24) is 4.98 Å². The first-order chi connectivity index (χ1) is 5.77. The summed E-state index contributed by atoms with van der Waals surface area (Å²) in [6, 6.07) is 4.01. The minimum atomic E-state index is 0.628. The van der Waals surface area contributed by atoms with Crippen molar-refractivity contribution in [3.63, 3.8) is 0 Å². The van der Waals surface area contributed by atoms with Crippen LogP contribution in [0.4, 0.5) is 0 Å². The number of hydrogen-bond donors (Lipinski definition) is 0. The molecule has 0 aliphatic heterocycles. The lowest BCUT2D eigenvalue weighted by Crippen LogP contribution is -2.08. The molecule has 1 heterocycles. The van der Waals surface area contributed by atoms with E-state index in [9.17, 15) is 0 Å². The predicted octanol–water partition coefficient (Wildman–Crippen LogP) is 3.17. The molecule has 0 saturated carbocycles. The number of nitrogens with zero attached hydrogens (tertiary/aromatic N) is 1. The molecular weight excluding hydrogens is 170 g/mol. The summed E-state index contributed by atoms with van der Waals surface area (Å²) in [4.78, 5) is 4.33. The number of fused-ring (bicyclic) bond motifs is 1. The summed E-state index contributed by atoms with van der Waals surface area (Å²) in [5, 5.41) is 0.628. The number of aromatic nitrogens is 1. The van der Waals surface area contributed by atoms with Crippen LogP contribution in [0.1, 0.15) is 36.9 Å². The molecule has 2 heteroatoms. The molecule has 1 aromatic heterocycles. The smallest absolute Gasteiger partial charge is 0.129 e. The number of pyridine rings is 1. The Hall–Kier alpha value is -0.560. The van der Waals surface area contributed by atoms with Crippen molar-refractivity contribution in [3.8, 4) is 0 Å². The van der Waals surface area contributed by atoms with Crippen molar-refractivity contribution in [2.75, 3.05) is 0 Å². The Morgan fingerprint density at radius 3 is 3.17 bits per heavy atom. The molecular formula is C10H12ClN. The molecule has 1 aromatic rings. The first-order valence-corrected chi connectivity index (χ1v) is 4.80. The molecule has 0 saturated heterocycles. The van der Waals surface area contributed by atoms with Gasteiger partial charge in [0.1, 0.15) is 5.15 Å². The lowest BCUT2D eigenvalue weighted by molar-refractivity contribution is 0.579. The monoisotopic (exact) mass is 181 g/mol. The number of halogens is 1. The van der Waals surface area contributed by atoms with Crippen molar-refractivity contribution < 1.29 is 0 Å². The van der Waals surface area contributed by atoms with E-state index >= 15 is 0 Å². The van der Waals surface area contributed by atoms with E-state index in [1.807, 2.05) is 6.07 Å². The van der Waals surface area contributed by atoms with Crippen LogP contribution in [0.3, 0.4) is 0 Å². The first-order valence-electron chi connectivity index (χ1n) is 4.42. The predicted molar refractivity (Wildman–Crippen MR) is 50.6 cm³/mol. The molecule has 0 fully saturated rings. The Morgan fingerprint density at radius 1 is 1.50 bits per heavy atom. The fourth-order valence-electron chi connectivity index (χ4n) is 1.87. The molecule has 0 unspecified atom stereocenters. The minimum absolute atomic E-state index is 0.628. The van der Waals surface area contributed by atoms with E-state index in [-0.39, 0.29) is 0 Å². The molecule has 2 rings (SSSR count). The summed E-state index contributed by atoms with van der Waals surface area (Å²) >= 11 is 5.81.